The van der Waals surface area contributed by atoms with Crippen molar-refractivity contribution in [2.24, 2.45) is 0 Å². The predicted octanol–water partition coefficient (Wildman–Crippen LogP) is -0.479. The molecule has 0 aromatic carbocycles. The minimum absolute atomic E-state index is 0.155. The zero-order chi connectivity index (χ0) is 24.2. The highest BCUT2D eigenvalue weighted by molar-refractivity contribution is 5.86. The first kappa shape index (κ1) is 28.8. The van der Waals surface area contributed by atoms with Crippen molar-refractivity contribution in [1.82, 2.24) is 21.3 Å². The van der Waals surface area contributed by atoms with E-state index in [9.17, 15) is 28.8 Å². The highest BCUT2D eigenvalue weighted by Crippen LogP contribution is 2.04. The zero-order valence-electron chi connectivity index (χ0n) is 18.2. The van der Waals surface area contributed by atoms with Crippen LogP contribution in [0.1, 0.15) is 64.2 Å². The summed E-state index contributed by atoms with van der Waals surface area (Å²) in [5.41, 5.74) is 0. The third kappa shape index (κ3) is 20.1. The van der Waals surface area contributed by atoms with Gasteiger partial charge in [0.15, 0.2) is 0 Å². The van der Waals surface area contributed by atoms with Crippen molar-refractivity contribution in [2.45, 2.75) is 64.2 Å². The van der Waals surface area contributed by atoms with Gasteiger partial charge in [-0.3, -0.25) is 28.8 Å². The number of unbranched alkanes of at least 4 members (excludes halogenated alkanes) is 5. The van der Waals surface area contributed by atoms with Gasteiger partial charge in [-0.2, -0.15) is 0 Å². The van der Waals surface area contributed by atoms with Crippen molar-refractivity contribution in [1.29, 1.82) is 0 Å². The second kappa shape index (κ2) is 18.6. The van der Waals surface area contributed by atoms with Gasteiger partial charge in [-0.1, -0.05) is 25.7 Å². The van der Waals surface area contributed by atoms with Crippen LogP contribution in [-0.2, 0) is 28.8 Å². The molecule has 0 aromatic rings. The van der Waals surface area contributed by atoms with Crippen molar-refractivity contribution >= 4 is 35.6 Å². The number of carboxylic acids is 2. The maximum absolute atomic E-state index is 11.6. The van der Waals surface area contributed by atoms with Crippen LogP contribution in [-0.4, -0.2) is 72.0 Å². The number of hydrogen-bond donors (Lipinski definition) is 6. The van der Waals surface area contributed by atoms with E-state index < -0.39 is 23.8 Å². The summed E-state index contributed by atoms with van der Waals surface area (Å²) in [5.74, 6) is -3.71. The van der Waals surface area contributed by atoms with Crippen molar-refractivity contribution in [3.05, 3.63) is 0 Å². The Morgan fingerprint density at radius 1 is 0.438 bits per heavy atom. The largest absolute Gasteiger partial charge is 0.481 e. The SMILES string of the molecule is O=C(O)CCC(=O)NCC(=O)NCCCCCCCCNC(=O)CNC(=O)CCC(=O)O. The Hall–Kier alpha value is -3.18. The lowest BCUT2D eigenvalue weighted by Gasteiger charge is -2.07. The summed E-state index contributed by atoms with van der Waals surface area (Å²) < 4.78 is 0. The fourth-order valence-corrected chi connectivity index (χ4v) is 2.51. The van der Waals surface area contributed by atoms with Crippen LogP contribution in [0.4, 0.5) is 0 Å². The average Bonchev–Trinajstić information content (AvgIpc) is 2.74. The molecule has 0 heterocycles. The van der Waals surface area contributed by atoms with Crippen LogP contribution < -0.4 is 21.3 Å². The molecule has 0 spiro atoms. The van der Waals surface area contributed by atoms with Crippen molar-refractivity contribution < 1.29 is 39.0 Å². The van der Waals surface area contributed by atoms with Gasteiger partial charge in [0, 0.05) is 25.9 Å². The molecule has 32 heavy (non-hydrogen) atoms. The zero-order valence-corrected chi connectivity index (χ0v) is 18.2. The molecule has 182 valence electrons. The molecule has 0 unspecified atom stereocenters. The quantitative estimate of drug-likeness (QED) is 0.140. The van der Waals surface area contributed by atoms with Gasteiger partial charge in [0.1, 0.15) is 0 Å². The molecule has 0 radical (unpaired) electrons. The van der Waals surface area contributed by atoms with Gasteiger partial charge < -0.3 is 31.5 Å². The van der Waals surface area contributed by atoms with Crippen LogP contribution >= 0.6 is 0 Å². The van der Waals surface area contributed by atoms with Crippen molar-refractivity contribution in [2.75, 3.05) is 26.2 Å². The molecule has 0 aliphatic heterocycles. The molecule has 12 nitrogen and oxygen atoms in total. The molecule has 0 bridgehead atoms. The molecule has 0 aliphatic rings. The van der Waals surface area contributed by atoms with Crippen LogP contribution in [0.3, 0.4) is 0 Å². The fraction of sp³-hybridized carbons (Fsp3) is 0.700. The van der Waals surface area contributed by atoms with Crippen molar-refractivity contribution in [3.63, 3.8) is 0 Å². The first-order chi connectivity index (χ1) is 15.2. The number of hydrogen-bond acceptors (Lipinski definition) is 6. The lowest BCUT2D eigenvalue weighted by Crippen LogP contribution is -2.37. The fourth-order valence-electron chi connectivity index (χ4n) is 2.51. The summed E-state index contributed by atoms with van der Waals surface area (Å²) in [6.07, 6.45) is 4.58. The minimum Gasteiger partial charge on any atom is -0.481 e. The second-order valence-corrected chi connectivity index (χ2v) is 7.16. The minimum atomic E-state index is -1.06. The third-order valence-electron chi connectivity index (χ3n) is 4.27. The normalized spacial score (nSPS) is 10.1. The summed E-state index contributed by atoms with van der Waals surface area (Å²) in [6.45, 7) is 0.655. The standard InChI is InChI=1S/C20H34N4O8/c25-15(7-9-19(29)30)23-13-17(27)21-11-5-3-1-2-4-6-12-22-18(28)14-24-16(26)8-10-20(31)32/h1-14H2,(H,21,27)(H,22,28)(H,23,25)(H,24,26)(H,29,30)(H,31,32). The number of amides is 4. The van der Waals surface area contributed by atoms with Gasteiger partial charge in [-0.05, 0) is 12.8 Å². The van der Waals surface area contributed by atoms with Gasteiger partial charge in [-0.15, -0.1) is 0 Å². The number of nitrogens with one attached hydrogen (secondary N) is 4. The summed E-state index contributed by atoms with van der Waals surface area (Å²) >= 11 is 0. The van der Waals surface area contributed by atoms with E-state index >= 15 is 0 Å². The molecule has 0 aliphatic carbocycles. The van der Waals surface area contributed by atoms with Crippen LogP contribution in [0.15, 0.2) is 0 Å². The Balaban J connectivity index is 3.46. The van der Waals surface area contributed by atoms with Gasteiger partial charge in [-0.25, -0.2) is 0 Å². The maximum atomic E-state index is 11.6. The molecule has 0 atom stereocenters. The summed E-state index contributed by atoms with van der Waals surface area (Å²) in [6, 6.07) is 0. The lowest BCUT2D eigenvalue weighted by atomic mass is 10.1. The molecule has 6 N–H and O–H groups in total. The van der Waals surface area contributed by atoms with Crippen LogP contribution in [0.5, 0.6) is 0 Å². The Morgan fingerprint density at radius 3 is 1.12 bits per heavy atom. The Labute approximate surface area is 186 Å². The summed E-state index contributed by atoms with van der Waals surface area (Å²) in [7, 11) is 0. The monoisotopic (exact) mass is 458 g/mol. The number of rotatable bonds is 19. The van der Waals surface area contributed by atoms with Gasteiger partial charge in [0.2, 0.25) is 23.6 Å². The van der Waals surface area contributed by atoms with E-state index in [2.05, 4.69) is 21.3 Å². The summed E-state index contributed by atoms with van der Waals surface area (Å²) in [4.78, 5) is 66.4. The van der Waals surface area contributed by atoms with Crippen molar-refractivity contribution in [3.8, 4) is 0 Å². The first-order valence-corrected chi connectivity index (χ1v) is 10.7. The van der Waals surface area contributed by atoms with Crippen LogP contribution in [0.2, 0.25) is 0 Å². The second-order valence-electron chi connectivity index (χ2n) is 7.16. The Bertz CT molecular complexity index is 585. The van der Waals surface area contributed by atoms with Gasteiger partial charge in [0.25, 0.3) is 0 Å². The molecular formula is C20H34N4O8. The predicted molar refractivity (Wildman–Crippen MR) is 113 cm³/mol. The smallest absolute Gasteiger partial charge is 0.303 e. The topological polar surface area (TPSA) is 191 Å². The number of carbonyl (C=O) groups excluding carboxylic acids is 4. The Morgan fingerprint density at radius 2 is 0.781 bits per heavy atom. The highest BCUT2D eigenvalue weighted by Gasteiger charge is 2.08. The summed E-state index contributed by atoms with van der Waals surface area (Å²) in [5, 5.41) is 27.0. The molecule has 0 rings (SSSR count). The molecule has 0 saturated carbocycles. The van der Waals surface area contributed by atoms with Crippen LogP contribution in [0, 0.1) is 0 Å². The van der Waals surface area contributed by atoms with E-state index in [-0.39, 0.29) is 50.6 Å². The van der Waals surface area contributed by atoms with Gasteiger partial charge >= 0.3 is 11.9 Å². The molecule has 4 amide bonds. The first-order valence-electron chi connectivity index (χ1n) is 10.7. The van der Waals surface area contributed by atoms with Gasteiger partial charge in [0.05, 0.1) is 25.9 Å². The van der Waals surface area contributed by atoms with E-state index in [1.165, 1.54) is 0 Å². The average molecular weight is 459 g/mol. The van der Waals surface area contributed by atoms with E-state index in [0.717, 1.165) is 38.5 Å². The van der Waals surface area contributed by atoms with Crippen LogP contribution in [0.25, 0.3) is 0 Å². The van der Waals surface area contributed by atoms with E-state index in [0.29, 0.717) is 13.1 Å². The number of aliphatic carboxylic acids is 2. The lowest BCUT2D eigenvalue weighted by molar-refractivity contribution is -0.139. The number of carbonyl (C=O) groups is 6. The third-order valence-corrected chi connectivity index (χ3v) is 4.27. The molecular weight excluding hydrogens is 424 g/mol. The molecule has 12 heteroatoms. The Kier molecular flexibility index (Phi) is 16.7. The molecule has 0 fully saturated rings. The molecule has 0 aromatic heterocycles. The number of carboxylic acid groups (broad SMARTS) is 2. The van der Waals surface area contributed by atoms with E-state index in [1.807, 2.05) is 0 Å². The highest BCUT2D eigenvalue weighted by atomic mass is 16.4. The van der Waals surface area contributed by atoms with E-state index in [4.69, 9.17) is 10.2 Å². The van der Waals surface area contributed by atoms with E-state index in [1.54, 1.807) is 0 Å². The maximum Gasteiger partial charge on any atom is 0.303 e. The molecule has 0 saturated heterocycles.